The number of carbonyl (C=O) groups excluding carboxylic acids is 1. The Bertz CT molecular complexity index is 1010. The van der Waals surface area contributed by atoms with Gasteiger partial charge in [-0.25, -0.2) is 4.89 Å². The van der Waals surface area contributed by atoms with Crippen molar-refractivity contribution in [3.63, 3.8) is 0 Å². The lowest BCUT2D eigenvalue weighted by Crippen LogP contribution is -2.15. The Balaban J connectivity index is 2.01. The van der Waals surface area contributed by atoms with E-state index in [4.69, 9.17) is 42.6 Å². The first kappa shape index (κ1) is 51.7. The van der Waals surface area contributed by atoms with Crippen LogP contribution in [0.5, 0.6) is 11.5 Å². The first-order valence-electron chi connectivity index (χ1n) is 21.4. The topological polar surface area (TPSA) is 130 Å². The SMILES string of the molecule is C=Cc1ccc(OCCCCCCCCCCC(CCOCCOCCOC)OO)c(OCCCCCCCCCCC(=O)OCCOCCOCCOC)c1. The molecule has 0 amide bonds. The van der Waals surface area contributed by atoms with Gasteiger partial charge in [0.25, 0.3) is 0 Å². The van der Waals surface area contributed by atoms with E-state index in [1.807, 2.05) is 24.3 Å². The number of methoxy groups -OCH3 is 2. The summed E-state index contributed by atoms with van der Waals surface area (Å²) in [7, 11) is 3.29. The van der Waals surface area contributed by atoms with E-state index in [0.717, 1.165) is 81.3 Å². The fourth-order valence-electron chi connectivity index (χ4n) is 5.89. The highest BCUT2D eigenvalue weighted by Gasteiger charge is 2.10. The molecule has 1 rings (SSSR count). The molecule has 0 fully saturated rings. The molecule has 0 aliphatic heterocycles. The van der Waals surface area contributed by atoms with E-state index in [0.29, 0.717) is 92.1 Å². The molecule has 56 heavy (non-hydrogen) atoms. The van der Waals surface area contributed by atoms with Crippen molar-refractivity contribution in [3.05, 3.63) is 30.3 Å². The molecule has 1 unspecified atom stereocenters. The van der Waals surface area contributed by atoms with Crippen LogP contribution >= 0.6 is 0 Å². The van der Waals surface area contributed by atoms with E-state index in [1.54, 1.807) is 14.2 Å². The van der Waals surface area contributed by atoms with Gasteiger partial charge in [0.05, 0.1) is 78.8 Å². The van der Waals surface area contributed by atoms with Crippen LogP contribution in [0.4, 0.5) is 0 Å². The van der Waals surface area contributed by atoms with Gasteiger partial charge in [-0.3, -0.25) is 10.1 Å². The van der Waals surface area contributed by atoms with E-state index in [1.165, 1.54) is 44.9 Å². The van der Waals surface area contributed by atoms with Crippen molar-refractivity contribution in [2.24, 2.45) is 0 Å². The van der Waals surface area contributed by atoms with Crippen LogP contribution in [-0.4, -0.2) is 117 Å². The van der Waals surface area contributed by atoms with Crippen LogP contribution < -0.4 is 9.47 Å². The Morgan fingerprint density at radius 2 is 1.02 bits per heavy atom. The van der Waals surface area contributed by atoms with Crippen molar-refractivity contribution >= 4 is 12.0 Å². The smallest absolute Gasteiger partial charge is 0.305 e. The second kappa shape index (κ2) is 40.9. The highest BCUT2D eigenvalue weighted by Crippen LogP contribution is 2.29. The van der Waals surface area contributed by atoms with E-state index < -0.39 is 0 Å². The second-order valence-electron chi connectivity index (χ2n) is 14.0. The van der Waals surface area contributed by atoms with Crippen molar-refractivity contribution < 1.29 is 57.6 Å². The lowest BCUT2D eigenvalue weighted by Gasteiger charge is -2.14. The van der Waals surface area contributed by atoms with Gasteiger partial charge in [-0.2, -0.15) is 0 Å². The Kier molecular flexibility index (Phi) is 37.8. The monoisotopic (exact) mass is 799 g/mol. The van der Waals surface area contributed by atoms with Crippen molar-refractivity contribution in [2.45, 2.75) is 128 Å². The second-order valence-corrected chi connectivity index (χ2v) is 14.0. The number of benzene rings is 1. The van der Waals surface area contributed by atoms with Gasteiger partial charge in [0.2, 0.25) is 0 Å². The minimum atomic E-state index is -0.172. The van der Waals surface area contributed by atoms with Crippen molar-refractivity contribution in [3.8, 4) is 11.5 Å². The van der Waals surface area contributed by atoms with E-state index in [9.17, 15) is 10.1 Å². The maximum Gasteiger partial charge on any atom is 0.305 e. The average molecular weight is 799 g/mol. The van der Waals surface area contributed by atoms with Crippen molar-refractivity contribution in [1.29, 1.82) is 0 Å². The molecule has 0 heterocycles. The van der Waals surface area contributed by atoms with Crippen LogP contribution in [0.25, 0.3) is 6.08 Å². The largest absolute Gasteiger partial charge is 0.490 e. The van der Waals surface area contributed by atoms with Gasteiger partial charge in [-0.05, 0) is 43.4 Å². The summed E-state index contributed by atoms with van der Waals surface area (Å²) in [6.45, 7) is 10.8. The summed E-state index contributed by atoms with van der Waals surface area (Å²) < 4.78 is 49.0. The third-order valence-corrected chi connectivity index (χ3v) is 9.25. The zero-order valence-electron chi connectivity index (χ0n) is 35.2. The Hall–Kier alpha value is -2.29. The number of hydrogen-bond donors (Lipinski definition) is 1. The molecular weight excluding hydrogens is 720 g/mol. The summed E-state index contributed by atoms with van der Waals surface area (Å²) in [4.78, 5) is 16.5. The molecule has 0 saturated carbocycles. The number of carbonyl (C=O) groups is 1. The van der Waals surface area contributed by atoms with Crippen LogP contribution in [0, 0.1) is 0 Å². The van der Waals surface area contributed by atoms with E-state index >= 15 is 0 Å². The summed E-state index contributed by atoms with van der Waals surface area (Å²) in [5, 5.41) is 9.20. The molecule has 0 spiro atoms. The Morgan fingerprint density at radius 1 is 0.554 bits per heavy atom. The quantitative estimate of drug-likeness (QED) is 0.0292. The normalized spacial score (nSPS) is 11.8. The van der Waals surface area contributed by atoms with E-state index in [2.05, 4.69) is 11.5 Å². The third kappa shape index (κ3) is 32.8. The highest BCUT2D eigenvalue weighted by molar-refractivity contribution is 5.69. The van der Waals surface area contributed by atoms with Gasteiger partial charge >= 0.3 is 5.97 Å². The zero-order valence-corrected chi connectivity index (χ0v) is 35.2. The summed E-state index contributed by atoms with van der Waals surface area (Å²) in [5.41, 5.74) is 1.02. The summed E-state index contributed by atoms with van der Waals surface area (Å²) in [6.07, 6.45) is 21.6. The molecule has 0 saturated heterocycles. The minimum absolute atomic E-state index is 0.150. The first-order chi connectivity index (χ1) is 27.6. The number of hydrogen-bond acceptors (Lipinski definition) is 12. The lowest BCUT2D eigenvalue weighted by molar-refractivity contribution is -0.282. The molecule has 12 heteroatoms. The molecule has 0 aliphatic rings. The van der Waals surface area contributed by atoms with Gasteiger partial charge in [-0.1, -0.05) is 102 Å². The van der Waals surface area contributed by atoms with Crippen LogP contribution in [-0.2, 0) is 42.8 Å². The van der Waals surface area contributed by atoms with Gasteiger partial charge in [0.15, 0.2) is 11.5 Å². The first-order valence-corrected chi connectivity index (χ1v) is 21.4. The molecule has 1 N–H and O–H groups in total. The summed E-state index contributed by atoms with van der Waals surface area (Å²) in [6, 6.07) is 6.02. The fraction of sp³-hybridized carbons (Fsp3) is 0.795. The maximum absolute atomic E-state index is 11.9. The molecule has 0 radical (unpaired) electrons. The third-order valence-electron chi connectivity index (χ3n) is 9.25. The Labute approximate surface area is 339 Å². The van der Waals surface area contributed by atoms with Gasteiger partial charge < -0.3 is 42.6 Å². The molecule has 0 bridgehead atoms. The number of esters is 1. The molecular formula is C44H78O12. The molecule has 1 aromatic rings. The van der Waals surface area contributed by atoms with E-state index in [-0.39, 0.29) is 18.7 Å². The lowest BCUT2D eigenvalue weighted by atomic mass is 10.0. The Morgan fingerprint density at radius 3 is 1.55 bits per heavy atom. The maximum atomic E-state index is 11.9. The minimum Gasteiger partial charge on any atom is -0.490 e. The summed E-state index contributed by atoms with van der Waals surface area (Å²) >= 11 is 0. The van der Waals surface area contributed by atoms with Crippen LogP contribution in [0.15, 0.2) is 24.8 Å². The number of rotatable bonds is 44. The van der Waals surface area contributed by atoms with Crippen molar-refractivity contribution in [2.75, 3.05) is 100 Å². The molecule has 1 aromatic carbocycles. The average Bonchev–Trinajstić information content (AvgIpc) is 3.21. The molecule has 0 aromatic heterocycles. The van der Waals surface area contributed by atoms with Crippen LogP contribution in [0.1, 0.15) is 128 Å². The van der Waals surface area contributed by atoms with Gasteiger partial charge in [0, 0.05) is 33.7 Å². The zero-order chi connectivity index (χ0) is 40.4. The summed E-state index contributed by atoms with van der Waals surface area (Å²) in [5.74, 6) is 1.44. The van der Waals surface area contributed by atoms with Crippen molar-refractivity contribution in [1.82, 2.24) is 0 Å². The number of unbranched alkanes of at least 4 members (excludes halogenated alkanes) is 14. The molecule has 326 valence electrons. The highest BCUT2D eigenvalue weighted by atomic mass is 17.1. The van der Waals surface area contributed by atoms with Gasteiger partial charge in [-0.15, -0.1) is 0 Å². The number of ether oxygens (including phenoxy) is 9. The van der Waals surface area contributed by atoms with Gasteiger partial charge in [0.1, 0.15) is 6.61 Å². The predicted molar refractivity (Wildman–Crippen MR) is 221 cm³/mol. The fourth-order valence-corrected chi connectivity index (χ4v) is 5.89. The molecule has 1 atom stereocenters. The molecule has 12 nitrogen and oxygen atoms in total. The molecule has 0 aliphatic carbocycles. The standard InChI is InChI=1S/C44H78O12/c1-4-40-23-24-42(53-26-19-15-11-7-5-9-13-17-21-41(56-46)25-28-49-33-34-50-31-29-47-2)43(39-40)54-27-20-16-12-8-6-10-14-18-22-44(45)55-38-37-52-36-35-51-32-30-48-3/h4,23-24,39,41,46H,1,5-22,25-38H2,2-3H3. The van der Waals surface area contributed by atoms with Crippen LogP contribution in [0.3, 0.4) is 0 Å². The predicted octanol–water partition coefficient (Wildman–Crippen LogP) is 9.26. The van der Waals surface area contributed by atoms with Crippen LogP contribution in [0.2, 0.25) is 0 Å².